The van der Waals surface area contributed by atoms with Crippen LogP contribution >= 0.6 is 0 Å². The van der Waals surface area contributed by atoms with Gasteiger partial charge in [-0.2, -0.15) is 0 Å². The summed E-state index contributed by atoms with van der Waals surface area (Å²) < 4.78 is 21.7. The lowest BCUT2D eigenvalue weighted by molar-refractivity contribution is -0.138. The topological polar surface area (TPSA) is 194 Å². The Morgan fingerprint density at radius 3 is 2.37 bits per heavy atom. The van der Waals surface area contributed by atoms with E-state index in [1.54, 1.807) is 30.3 Å². The fraction of sp³-hybridized carbons (Fsp3) is 0.312. The van der Waals surface area contributed by atoms with Crippen molar-refractivity contribution in [2.24, 2.45) is 5.92 Å². The second kappa shape index (κ2) is 15.4. The SMILES string of the molecule is COc1cc(OCC(=O)NC(CC(C)C)C(=O)NC(CC(=O)O)c2ccc3c(c2)OCO3)ccc1NC(=O)Nc1ccccc1O. The van der Waals surface area contributed by atoms with Crippen molar-refractivity contribution >= 4 is 35.2 Å². The first-order valence-electron chi connectivity index (χ1n) is 14.4. The van der Waals surface area contributed by atoms with Crippen LogP contribution in [0.5, 0.6) is 28.7 Å². The first-order valence-corrected chi connectivity index (χ1v) is 14.4. The van der Waals surface area contributed by atoms with Crippen molar-refractivity contribution in [3.63, 3.8) is 0 Å². The number of carboxylic acids is 1. The van der Waals surface area contributed by atoms with E-state index in [2.05, 4.69) is 21.3 Å². The molecule has 14 nitrogen and oxygen atoms in total. The number of carbonyl (C=O) groups excluding carboxylic acids is 3. The molecule has 4 amide bonds. The normalized spacial score (nSPS) is 12.9. The molecule has 1 aliphatic rings. The zero-order valence-electron chi connectivity index (χ0n) is 25.5. The van der Waals surface area contributed by atoms with Gasteiger partial charge in [0, 0.05) is 6.07 Å². The minimum Gasteiger partial charge on any atom is -0.506 e. The highest BCUT2D eigenvalue weighted by atomic mass is 16.7. The number of anilines is 2. The molecule has 0 bridgehead atoms. The van der Waals surface area contributed by atoms with Gasteiger partial charge in [0.25, 0.3) is 5.91 Å². The van der Waals surface area contributed by atoms with Crippen molar-refractivity contribution < 1.29 is 48.3 Å². The summed E-state index contributed by atoms with van der Waals surface area (Å²) in [4.78, 5) is 50.3. The summed E-state index contributed by atoms with van der Waals surface area (Å²) >= 11 is 0. The fourth-order valence-corrected chi connectivity index (χ4v) is 4.64. The van der Waals surface area contributed by atoms with Gasteiger partial charge in [-0.15, -0.1) is 0 Å². The van der Waals surface area contributed by atoms with Gasteiger partial charge in [-0.3, -0.25) is 14.4 Å². The summed E-state index contributed by atoms with van der Waals surface area (Å²) in [5.74, 6) is -0.851. The summed E-state index contributed by atoms with van der Waals surface area (Å²) in [6.07, 6.45) is -0.102. The first kappa shape index (κ1) is 33.2. The summed E-state index contributed by atoms with van der Waals surface area (Å²) in [5.41, 5.74) is 1.04. The molecule has 0 aromatic heterocycles. The maximum absolute atomic E-state index is 13.3. The average molecular weight is 637 g/mol. The molecule has 1 aliphatic heterocycles. The number of urea groups is 1. The molecule has 244 valence electrons. The number of carbonyl (C=O) groups is 4. The number of phenolic OH excluding ortho intramolecular Hbond substituents is 1. The van der Waals surface area contributed by atoms with Crippen LogP contribution in [0.4, 0.5) is 16.2 Å². The number of amides is 4. The monoisotopic (exact) mass is 636 g/mol. The number of fused-ring (bicyclic) bond motifs is 1. The minimum absolute atomic E-state index is 0.0211. The summed E-state index contributed by atoms with van der Waals surface area (Å²) in [6.45, 7) is 3.39. The van der Waals surface area contributed by atoms with E-state index in [4.69, 9.17) is 18.9 Å². The van der Waals surface area contributed by atoms with E-state index in [-0.39, 0.29) is 48.5 Å². The standard InChI is InChI=1S/C32H36N4O10/c1-18(2)12-24(31(41)34-23(15-30(39)40)19-8-11-26-28(13-19)46-17-45-26)33-29(38)16-44-20-9-10-22(27(14-20)43-3)36-32(42)35-21-6-4-5-7-25(21)37/h4-11,13-14,18,23-24,37H,12,15-17H2,1-3H3,(H,33,38)(H,34,41)(H,39,40)(H2,35,36,42). The fourth-order valence-electron chi connectivity index (χ4n) is 4.64. The van der Waals surface area contributed by atoms with E-state index in [0.717, 1.165) is 0 Å². The average Bonchev–Trinajstić information content (AvgIpc) is 3.48. The number of para-hydroxylation sites is 2. The van der Waals surface area contributed by atoms with Crippen molar-refractivity contribution in [1.82, 2.24) is 10.6 Å². The van der Waals surface area contributed by atoms with E-state index in [1.165, 1.54) is 37.4 Å². The largest absolute Gasteiger partial charge is 0.506 e. The molecule has 0 spiro atoms. The van der Waals surface area contributed by atoms with E-state index >= 15 is 0 Å². The smallest absolute Gasteiger partial charge is 0.323 e. The molecule has 2 unspecified atom stereocenters. The maximum atomic E-state index is 13.3. The highest BCUT2D eigenvalue weighted by Gasteiger charge is 2.27. The molecular weight excluding hydrogens is 600 g/mol. The highest BCUT2D eigenvalue weighted by molar-refractivity contribution is 6.01. The third-order valence-corrected chi connectivity index (χ3v) is 6.80. The molecule has 0 saturated carbocycles. The Hall–Kier alpha value is -5.66. The van der Waals surface area contributed by atoms with Gasteiger partial charge >= 0.3 is 12.0 Å². The second-order valence-electron chi connectivity index (χ2n) is 10.8. The molecule has 46 heavy (non-hydrogen) atoms. The van der Waals surface area contributed by atoms with Crippen LogP contribution in [-0.2, 0) is 14.4 Å². The third kappa shape index (κ3) is 9.17. The summed E-state index contributed by atoms with van der Waals surface area (Å²) in [6, 6.07) is 13.2. The number of methoxy groups -OCH3 is 1. The number of phenols is 1. The van der Waals surface area contributed by atoms with Crippen LogP contribution in [-0.4, -0.2) is 60.6 Å². The van der Waals surface area contributed by atoms with Crippen LogP contribution in [0.2, 0.25) is 0 Å². The van der Waals surface area contributed by atoms with Gasteiger partial charge in [0.2, 0.25) is 12.7 Å². The quantitative estimate of drug-likeness (QED) is 0.141. The Morgan fingerprint density at radius 1 is 0.913 bits per heavy atom. The lowest BCUT2D eigenvalue weighted by Gasteiger charge is -2.24. The molecular formula is C32H36N4O10. The van der Waals surface area contributed by atoms with Crippen LogP contribution in [0.1, 0.15) is 38.3 Å². The van der Waals surface area contributed by atoms with Crippen molar-refractivity contribution in [3.05, 3.63) is 66.2 Å². The first-order chi connectivity index (χ1) is 22.0. The van der Waals surface area contributed by atoms with Crippen molar-refractivity contribution in [1.29, 1.82) is 0 Å². The van der Waals surface area contributed by atoms with Gasteiger partial charge in [-0.05, 0) is 54.3 Å². The zero-order chi connectivity index (χ0) is 33.2. The number of nitrogens with one attached hydrogen (secondary N) is 4. The Kier molecular flexibility index (Phi) is 11.1. The Bertz CT molecular complexity index is 1580. The second-order valence-corrected chi connectivity index (χ2v) is 10.8. The predicted molar refractivity (Wildman–Crippen MR) is 166 cm³/mol. The summed E-state index contributed by atoms with van der Waals surface area (Å²) in [5, 5.41) is 30.0. The van der Waals surface area contributed by atoms with Crippen LogP contribution in [0.15, 0.2) is 60.7 Å². The number of aromatic hydroxyl groups is 1. The Balaban J connectivity index is 1.36. The highest BCUT2D eigenvalue weighted by Crippen LogP contribution is 2.35. The molecule has 3 aromatic carbocycles. The Morgan fingerprint density at radius 2 is 1.65 bits per heavy atom. The molecule has 4 rings (SSSR count). The molecule has 0 aliphatic carbocycles. The molecule has 3 aromatic rings. The van der Waals surface area contributed by atoms with Gasteiger partial charge in [-0.25, -0.2) is 4.79 Å². The van der Waals surface area contributed by atoms with Gasteiger partial charge in [0.15, 0.2) is 18.1 Å². The molecule has 1 heterocycles. The number of aliphatic carboxylic acids is 1. The van der Waals surface area contributed by atoms with E-state index in [9.17, 15) is 29.4 Å². The molecule has 6 N–H and O–H groups in total. The van der Waals surface area contributed by atoms with Gasteiger partial charge in [0.1, 0.15) is 23.3 Å². The number of hydrogen-bond donors (Lipinski definition) is 6. The van der Waals surface area contributed by atoms with Crippen LogP contribution < -0.4 is 40.2 Å². The lowest BCUT2D eigenvalue weighted by atomic mass is 10.00. The minimum atomic E-state index is -1.12. The van der Waals surface area contributed by atoms with Crippen molar-refractivity contribution in [3.8, 4) is 28.7 Å². The van der Waals surface area contributed by atoms with Gasteiger partial charge in [-0.1, -0.05) is 32.0 Å². The number of benzene rings is 3. The van der Waals surface area contributed by atoms with E-state index in [1.807, 2.05) is 13.8 Å². The molecule has 14 heteroatoms. The molecule has 0 fully saturated rings. The van der Waals surface area contributed by atoms with E-state index < -0.39 is 42.5 Å². The number of carboxylic acid groups (broad SMARTS) is 1. The van der Waals surface area contributed by atoms with Gasteiger partial charge < -0.3 is 50.4 Å². The van der Waals surface area contributed by atoms with Crippen molar-refractivity contribution in [2.75, 3.05) is 31.1 Å². The molecule has 0 saturated heterocycles. The van der Waals surface area contributed by atoms with E-state index in [0.29, 0.717) is 22.7 Å². The zero-order valence-corrected chi connectivity index (χ0v) is 25.5. The molecule has 2 atom stereocenters. The number of ether oxygens (including phenoxy) is 4. The predicted octanol–water partition coefficient (Wildman–Crippen LogP) is 4.02. The Labute approximate surface area is 265 Å². The summed E-state index contributed by atoms with van der Waals surface area (Å²) in [7, 11) is 1.40. The maximum Gasteiger partial charge on any atom is 0.323 e. The van der Waals surface area contributed by atoms with Crippen LogP contribution in [0, 0.1) is 5.92 Å². The van der Waals surface area contributed by atoms with Crippen LogP contribution in [0.3, 0.4) is 0 Å². The lowest BCUT2D eigenvalue weighted by Crippen LogP contribution is -2.49. The third-order valence-electron chi connectivity index (χ3n) is 6.80. The number of hydrogen-bond acceptors (Lipinski definition) is 9. The van der Waals surface area contributed by atoms with Crippen molar-refractivity contribution in [2.45, 2.75) is 38.8 Å². The van der Waals surface area contributed by atoms with Gasteiger partial charge in [0.05, 0.1) is 30.9 Å². The number of rotatable bonds is 14. The molecule has 0 radical (unpaired) electrons. The van der Waals surface area contributed by atoms with Crippen LogP contribution in [0.25, 0.3) is 0 Å².